The summed E-state index contributed by atoms with van der Waals surface area (Å²) in [7, 11) is -0.217. The van der Waals surface area contributed by atoms with Crippen LogP contribution in [0, 0.1) is 0 Å². The molecule has 0 saturated heterocycles. The number of hydrogen-bond acceptors (Lipinski definition) is 4. The van der Waals surface area contributed by atoms with Crippen LogP contribution < -0.4 is 10.0 Å². The van der Waals surface area contributed by atoms with Gasteiger partial charge in [-0.15, -0.1) is 0 Å². The molecule has 0 bridgehead atoms. The van der Waals surface area contributed by atoms with Crippen LogP contribution in [0.2, 0.25) is 0 Å². The lowest BCUT2D eigenvalue weighted by Crippen LogP contribution is -2.20. The second-order valence-electron chi connectivity index (χ2n) is 7.13. The zero-order chi connectivity index (χ0) is 19.7. The lowest BCUT2D eigenvalue weighted by Gasteiger charge is -2.28. The van der Waals surface area contributed by atoms with Gasteiger partial charge in [0.05, 0.1) is 23.0 Å². The Morgan fingerprint density at radius 1 is 1.18 bits per heavy atom. The van der Waals surface area contributed by atoms with Crippen LogP contribution in [-0.2, 0) is 23.5 Å². The second-order valence-corrected chi connectivity index (χ2v) is 9.01. The van der Waals surface area contributed by atoms with Gasteiger partial charge in [0.15, 0.2) is 0 Å². The number of nitrogens with zero attached hydrogens (tertiary/aromatic N) is 2. The third-order valence-corrected chi connectivity index (χ3v) is 6.66. The maximum Gasteiger partial charge on any atom is 0.240 e. The summed E-state index contributed by atoms with van der Waals surface area (Å²) in [4.78, 5) is 4.67. The van der Waals surface area contributed by atoms with Gasteiger partial charge in [-0.3, -0.25) is 0 Å². The van der Waals surface area contributed by atoms with Crippen LogP contribution in [0.4, 0.5) is 5.69 Å². The van der Waals surface area contributed by atoms with E-state index in [2.05, 4.69) is 39.3 Å². The highest BCUT2D eigenvalue weighted by Gasteiger charge is 2.22. The lowest BCUT2D eigenvalue weighted by molar-refractivity contribution is 0.588. The molecule has 7 heteroatoms. The van der Waals surface area contributed by atoms with Gasteiger partial charge in [0.2, 0.25) is 10.0 Å². The highest BCUT2D eigenvalue weighted by molar-refractivity contribution is 7.89. The first-order chi connectivity index (χ1) is 13.5. The number of hydrogen-bond donors (Lipinski definition) is 2. The molecule has 0 fully saturated rings. The smallest absolute Gasteiger partial charge is 0.240 e. The van der Waals surface area contributed by atoms with Crippen LogP contribution in [-0.4, -0.2) is 25.0 Å². The Hall–Kier alpha value is -2.64. The van der Waals surface area contributed by atoms with E-state index in [0.29, 0.717) is 0 Å². The van der Waals surface area contributed by atoms with Gasteiger partial charge in [0, 0.05) is 24.5 Å². The number of nitrogens with one attached hydrogen (secondary N) is 2. The van der Waals surface area contributed by atoms with Gasteiger partial charge in [0.25, 0.3) is 0 Å². The number of fused-ring (bicyclic) bond motifs is 1. The lowest BCUT2D eigenvalue weighted by atomic mass is 9.87. The van der Waals surface area contributed by atoms with Crippen molar-refractivity contribution < 1.29 is 8.42 Å². The largest absolute Gasteiger partial charge is 0.378 e. The van der Waals surface area contributed by atoms with E-state index in [1.54, 1.807) is 18.5 Å². The van der Waals surface area contributed by atoms with Crippen LogP contribution in [0.1, 0.15) is 30.0 Å². The molecule has 0 saturated carbocycles. The Morgan fingerprint density at radius 3 is 2.75 bits per heavy atom. The van der Waals surface area contributed by atoms with Gasteiger partial charge in [0.1, 0.15) is 0 Å². The first-order valence-electron chi connectivity index (χ1n) is 9.38. The molecule has 3 aromatic rings. The zero-order valence-corrected chi connectivity index (χ0v) is 16.8. The molecule has 2 aromatic carbocycles. The second kappa shape index (κ2) is 7.41. The molecule has 0 aliphatic heterocycles. The molecule has 2 N–H and O–H groups in total. The normalized spacial score (nSPS) is 16.6. The highest BCUT2D eigenvalue weighted by atomic mass is 32.2. The number of aryl methyl sites for hydroxylation is 2. The SMILES string of the molecule is CNS(=O)(=O)c1ccc(N[C@H]2CCCc3ccccc32)c(-c2cn(C)cn2)c1. The van der Waals surface area contributed by atoms with E-state index in [1.165, 1.54) is 18.2 Å². The Bertz CT molecular complexity index is 1110. The number of aromatic nitrogens is 2. The minimum atomic E-state index is -3.53. The predicted octanol–water partition coefficient (Wildman–Crippen LogP) is 3.48. The quantitative estimate of drug-likeness (QED) is 0.692. The molecule has 4 rings (SSSR count). The molecule has 1 heterocycles. The number of rotatable bonds is 5. The molecule has 1 atom stereocenters. The Labute approximate surface area is 165 Å². The Balaban J connectivity index is 1.77. The fourth-order valence-corrected chi connectivity index (χ4v) is 4.55. The molecule has 1 aliphatic carbocycles. The number of benzene rings is 2. The minimum Gasteiger partial charge on any atom is -0.378 e. The van der Waals surface area contributed by atoms with Crippen LogP contribution in [0.5, 0.6) is 0 Å². The van der Waals surface area contributed by atoms with E-state index in [1.807, 2.05) is 23.9 Å². The highest BCUT2D eigenvalue weighted by Crippen LogP contribution is 2.36. The van der Waals surface area contributed by atoms with Crippen molar-refractivity contribution in [3.8, 4) is 11.3 Å². The summed E-state index contributed by atoms with van der Waals surface area (Å²) in [6, 6.07) is 13.9. The Kier molecular flexibility index (Phi) is 4.95. The minimum absolute atomic E-state index is 0.194. The molecule has 0 unspecified atom stereocenters. The molecule has 1 aromatic heterocycles. The van der Waals surface area contributed by atoms with Gasteiger partial charge in [-0.05, 0) is 55.6 Å². The maximum absolute atomic E-state index is 12.3. The third kappa shape index (κ3) is 3.55. The van der Waals surface area contributed by atoms with Crippen LogP contribution >= 0.6 is 0 Å². The standard InChI is InChI=1S/C21H24N4O2S/c1-22-28(26,27)16-10-11-20(18(12-16)21-13-25(2)14-23-21)24-19-9-5-7-15-6-3-4-8-17(15)19/h3-4,6,8,10-14,19,22,24H,5,7,9H2,1-2H3/t19-/m0/s1. The molecule has 28 heavy (non-hydrogen) atoms. The van der Waals surface area contributed by atoms with Crippen molar-refractivity contribution in [3.63, 3.8) is 0 Å². The molecule has 146 valence electrons. The van der Waals surface area contributed by atoms with Gasteiger partial charge in [-0.25, -0.2) is 18.1 Å². The molecular weight excluding hydrogens is 372 g/mol. The monoisotopic (exact) mass is 396 g/mol. The Morgan fingerprint density at radius 2 is 2.00 bits per heavy atom. The molecule has 0 amide bonds. The summed E-state index contributed by atoms with van der Waals surface area (Å²) in [5.74, 6) is 0. The summed E-state index contributed by atoms with van der Waals surface area (Å²) >= 11 is 0. The number of anilines is 1. The first kappa shape index (κ1) is 18.7. The molecule has 6 nitrogen and oxygen atoms in total. The van der Waals surface area contributed by atoms with E-state index in [-0.39, 0.29) is 10.9 Å². The molecule has 0 spiro atoms. The van der Waals surface area contributed by atoms with Crippen LogP contribution in [0.15, 0.2) is 59.9 Å². The predicted molar refractivity (Wildman–Crippen MR) is 111 cm³/mol. The van der Waals surface area contributed by atoms with Crippen molar-refractivity contribution in [3.05, 3.63) is 66.1 Å². The van der Waals surface area contributed by atoms with Gasteiger partial charge in [-0.1, -0.05) is 24.3 Å². The van der Waals surface area contributed by atoms with E-state index in [0.717, 1.165) is 36.2 Å². The van der Waals surface area contributed by atoms with Gasteiger partial charge >= 0.3 is 0 Å². The van der Waals surface area contributed by atoms with E-state index in [4.69, 9.17) is 0 Å². The topological polar surface area (TPSA) is 76.0 Å². The first-order valence-corrected chi connectivity index (χ1v) is 10.9. The van der Waals surface area contributed by atoms with E-state index in [9.17, 15) is 8.42 Å². The maximum atomic E-state index is 12.3. The summed E-state index contributed by atoms with van der Waals surface area (Å²) in [5, 5.41) is 3.65. The van der Waals surface area contributed by atoms with E-state index < -0.39 is 10.0 Å². The van der Waals surface area contributed by atoms with Crippen molar-refractivity contribution in [2.75, 3.05) is 12.4 Å². The van der Waals surface area contributed by atoms with Crippen molar-refractivity contribution in [2.24, 2.45) is 7.05 Å². The number of sulfonamides is 1. The fourth-order valence-electron chi connectivity index (χ4n) is 3.79. The third-order valence-electron chi connectivity index (χ3n) is 5.25. The molecule has 1 aliphatic rings. The summed E-state index contributed by atoms with van der Waals surface area (Å²) in [6.07, 6.45) is 6.87. The summed E-state index contributed by atoms with van der Waals surface area (Å²) in [6.45, 7) is 0. The van der Waals surface area contributed by atoms with Crippen molar-refractivity contribution in [2.45, 2.75) is 30.2 Å². The molecule has 0 radical (unpaired) electrons. The summed E-state index contributed by atoms with van der Waals surface area (Å²) in [5.41, 5.74) is 5.09. The average Bonchev–Trinajstić information content (AvgIpc) is 3.14. The van der Waals surface area contributed by atoms with Gasteiger partial charge in [-0.2, -0.15) is 0 Å². The van der Waals surface area contributed by atoms with Gasteiger partial charge < -0.3 is 9.88 Å². The fraction of sp³-hybridized carbons (Fsp3) is 0.286. The van der Waals surface area contributed by atoms with E-state index >= 15 is 0 Å². The molecular formula is C21H24N4O2S. The van der Waals surface area contributed by atoms with Crippen LogP contribution in [0.3, 0.4) is 0 Å². The van der Waals surface area contributed by atoms with Crippen LogP contribution in [0.25, 0.3) is 11.3 Å². The average molecular weight is 397 g/mol. The van der Waals surface area contributed by atoms with Crippen molar-refractivity contribution in [1.29, 1.82) is 0 Å². The van der Waals surface area contributed by atoms with Crippen molar-refractivity contribution in [1.82, 2.24) is 14.3 Å². The summed E-state index contributed by atoms with van der Waals surface area (Å²) < 4.78 is 28.8. The van der Waals surface area contributed by atoms with Crippen molar-refractivity contribution >= 4 is 15.7 Å². The zero-order valence-electron chi connectivity index (χ0n) is 16.0. The number of imidazole rings is 1.